The summed E-state index contributed by atoms with van der Waals surface area (Å²) in [6.45, 7) is 0.577. The fraction of sp³-hybridized carbons (Fsp3) is 0.250. The first-order chi connectivity index (χ1) is 14.8. The third-order valence-electron chi connectivity index (χ3n) is 4.99. The Kier molecular flexibility index (Phi) is 5.79. The fourth-order valence-corrected chi connectivity index (χ4v) is 4.45. The molecule has 0 spiro atoms. The van der Waals surface area contributed by atoms with Gasteiger partial charge in [0.25, 0.3) is 0 Å². The summed E-state index contributed by atoms with van der Waals surface area (Å²) in [4.78, 5) is 12.8. The van der Waals surface area contributed by atoms with E-state index in [1.54, 1.807) is 9.58 Å². The van der Waals surface area contributed by atoms with Crippen molar-refractivity contribution in [3.63, 3.8) is 0 Å². The average Bonchev–Trinajstić information content (AvgIpc) is 3.17. The number of halogens is 2. The van der Waals surface area contributed by atoms with Crippen molar-refractivity contribution in [2.45, 2.75) is 17.4 Å². The predicted molar refractivity (Wildman–Crippen MR) is 107 cm³/mol. The van der Waals surface area contributed by atoms with Gasteiger partial charge in [-0.05, 0) is 12.1 Å². The number of nitrogens with zero attached hydrogens (tertiary/aromatic N) is 4. The lowest BCUT2D eigenvalue weighted by Gasteiger charge is -2.38. The van der Waals surface area contributed by atoms with Gasteiger partial charge in [-0.3, -0.25) is 4.79 Å². The summed E-state index contributed by atoms with van der Waals surface area (Å²) < 4.78 is 55.4. The Morgan fingerprint density at radius 1 is 1.06 bits per heavy atom. The van der Waals surface area contributed by atoms with Crippen molar-refractivity contribution in [3.8, 4) is 11.3 Å². The van der Waals surface area contributed by atoms with Gasteiger partial charge in [-0.15, -0.1) is 5.10 Å². The summed E-state index contributed by atoms with van der Waals surface area (Å²) in [5.74, 6) is -2.64. The van der Waals surface area contributed by atoms with Crippen molar-refractivity contribution in [1.82, 2.24) is 24.6 Å². The van der Waals surface area contributed by atoms with Gasteiger partial charge >= 0.3 is 0 Å². The van der Waals surface area contributed by atoms with Crippen molar-refractivity contribution >= 4 is 15.9 Å². The van der Waals surface area contributed by atoms with Gasteiger partial charge in [-0.2, -0.15) is 0 Å². The second kappa shape index (κ2) is 8.52. The number of amides is 1. The molecule has 1 aliphatic heterocycles. The maximum Gasteiger partial charge on any atom is 0.246 e. The van der Waals surface area contributed by atoms with E-state index in [-0.39, 0.29) is 24.9 Å². The third kappa shape index (κ3) is 4.47. The smallest absolute Gasteiger partial charge is 0.246 e. The van der Waals surface area contributed by atoms with Gasteiger partial charge in [-0.1, -0.05) is 41.6 Å². The highest BCUT2D eigenvalue weighted by Crippen LogP contribution is 2.24. The predicted octanol–water partition coefficient (Wildman–Crippen LogP) is 1.98. The molecule has 2 aromatic carbocycles. The molecule has 4 rings (SSSR count). The van der Waals surface area contributed by atoms with E-state index in [9.17, 15) is 22.0 Å². The maximum absolute atomic E-state index is 13.7. The molecule has 1 saturated heterocycles. The molecule has 0 atom stereocenters. The van der Waals surface area contributed by atoms with Crippen molar-refractivity contribution in [1.29, 1.82) is 0 Å². The molecule has 3 aromatic rings. The molecule has 1 aromatic heterocycles. The number of benzene rings is 2. The lowest BCUT2D eigenvalue weighted by molar-refractivity contribution is -0.137. The van der Waals surface area contributed by atoms with Crippen LogP contribution in [0.2, 0.25) is 0 Å². The second-order valence-corrected chi connectivity index (χ2v) is 8.80. The molecule has 162 valence electrons. The molecule has 31 heavy (non-hydrogen) atoms. The molecule has 0 unspecified atom stereocenters. The zero-order chi connectivity index (χ0) is 22.0. The Morgan fingerprint density at radius 3 is 2.42 bits per heavy atom. The van der Waals surface area contributed by atoms with E-state index >= 15 is 0 Å². The molecule has 0 saturated carbocycles. The van der Waals surface area contributed by atoms with E-state index < -0.39 is 26.6 Å². The zero-order valence-corrected chi connectivity index (χ0v) is 17.1. The van der Waals surface area contributed by atoms with Crippen molar-refractivity contribution in [2.24, 2.45) is 0 Å². The standard InChI is InChI=1S/C20H19F2N5O3S/c21-16-7-4-8-17(22)20(16)31(29,30)23-10-9-19(28)26-11-15(12-26)27-13-18(24-25-27)14-5-2-1-3-6-14/h1-8,13,15,23H,9-12H2. The van der Waals surface area contributed by atoms with Gasteiger partial charge in [0, 0.05) is 31.6 Å². The van der Waals surface area contributed by atoms with E-state index in [0.29, 0.717) is 13.1 Å². The van der Waals surface area contributed by atoms with Crippen LogP contribution < -0.4 is 4.72 Å². The van der Waals surface area contributed by atoms with Gasteiger partial charge in [0.05, 0.1) is 12.2 Å². The Bertz CT molecular complexity index is 1170. The summed E-state index contributed by atoms with van der Waals surface area (Å²) >= 11 is 0. The number of aromatic nitrogens is 3. The minimum atomic E-state index is -4.40. The lowest BCUT2D eigenvalue weighted by atomic mass is 10.1. The van der Waals surface area contributed by atoms with E-state index in [0.717, 1.165) is 29.5 Å². The Labute approximate surface area is 177 Å². The van der Waals surface area contributed by atoms with E-state index in [1.165, 1.54) is 0 Å². The minimum absolute atomic E-state index is 0.0156. The molecular weight excluding hydrogens is 428 g/mol. The van der Waals surface area contributed by atoms with E-state index in [2.05, 4.69) is 15.0 Å². The Morgan fingerprint density at radius 2 is 1.74 bits per heavy atom. The number of nitrogens with one attached hydrogen (secondary N) is 1. The van der Waals surface area contributed by atoms with Crippen LogP contribution in [-0.2, 0) is 14.8 Å². The van der Waals surface area contributed by atoms with Gasteiger partial charge < -0.3 is 4.90 Å². The number of likely N-dealkylation sites (tertiary alicyclic amines) is 1. The van der Waals surface area contributed by atoms with Crippen LogP contribution in [0.3, 0.4) is 0 Å². The first-order valence-electron chi connectivity index (χ1n) is 9.54. The van der Waals surface area contributed by atoms with Crippen LogP contribution in [0.5, 0.6) is 0 Å². The van der Waals surface area contributed by atoms with Crippen LogP contribution in [0.4, 0.5) is 8.78 Å². The van der Waals surface area contributed by atoms with Crippen LogP contribution in [0, 0.1) is 11.6 Å². The number of hydrogen-bond acceptors (Lipinski definition) is 5. The number of rotatable bonds is 7. The first kappa shape index (κ1) is 21.1. The topological polar surface area (TPSA) is 97.2 Å². The Hall–Kier alpha value is -3.18. The molecule has 0 aliphatic carbocycles. The average molecular weight is 447 g/mol. The number of hydrogen-bond donors (Lipinski definition) is 1. The first-order valence-corrected chi connectivity index (χ1v) is 11.0. The van der Waals surface area contributed by atoms with Crippen molar-refractivity contribution in [2.75, 3.05) is 19.6 Å². The van der Waals surface area contributed by atoms with Crippen LogP contribution in [0.15, 0.2) is 59.6 Å². The summed E-state index contributed by atoms with van der Waals surface area (Å²) in [7, 11) is -4.40. The number of carbonyl (C=O) groups is 1. The molecular formula is C20H19F2N5O3S. The fourth-order valence-electron chi connectivity index (χ4n) is 3.28. The lowest BCUT2D eigenvalue weighted by Crippen LogP contribution is -2.51. The van der Waals surface area contributed by atoms with Gasteiger partial charge in [0.2, 0.25) is 15.9 Å². The molecule has 1 fully saturated rings. The number of sulfonamides is 1. The molecule has 0 bridgehead atoms. The van der Waals surface area contributed by atoms with Crippen LogP contribution in [0.1, 0.15) is 12.5 Å². The second-order valence-electron chi connectivity index (χ2n) is 7.10. The van der Waals surface area contributed by atoms with Crippen molar-refractivity contribution < 1.29 is 22.0 Å². The molecule has 8 nitrogen and oxygen atoms in total. The van der Waals surface area contributed by atoms with Gasteiger partial charge in [-0.25, -0.2) is 26.6 Å². The molecule has 1 amide bonds. The van der Waals surface area contributed by atoms with E-state index in [4.69, 9.17) is 0 Å². The highest BCUT2D eigenvalue weighted by molar-refractivity contribution is 7.89. The molecule has 11 heteroatoms. The zero-order valence-electron chi connectivity index (χ0n) is 16.3. The molecule has 1 N–H and O–H groups in total. The molecule has 0 radical (unpaired) electrons. The van der Waals surface area contributed by atoms with Crippen LogP contribution >= 0.6 is 0 Å². The van der Waals surface area contributed by atoms with Crippen molar-refractivity contribution in [3.05, 3.63) is 66.4 Å². The maximum atomic E-state index is 13.7. The van der Waals surface area contributed by atoms with E-state index in [1.807, 2.05) is 36.5 Å². The molecule has 2 heterocycles. The summed E-state index contributed by atoms with van der Waals surface area (Å²) in [6, 6.07) is 12.4. The van der Waals surface area contributed by atoms with Gasteiger partial charge in [0.15, 0.2) is 4.90 Å². The molecule has 1 aliphatic rings. The summed E-state index contributed by atoms with van der Waals surface area (Å²) in [5, 5.41) is 8.27. The largest absolute Gasteiger partial charge is 0.338 e. The minimum Gasteiger partial charge on any atom is -0.338 e. The summed E-state index contributed by atoms with van der Waals surface area (Å²) in [6.07, 6.45) is 1.69. The third-order valence-corrected chi connectivity index (χ3v) is 6.50. The highest BCUT2D eigenvalue weighted by atomic mass is 32.2. The number of carbonyl (C=O) groups excluding carboxylic acids is 1. The SMILES string of the molecule is O=C(CCNS(=O)(=O)c1c(F)cccc1F)N1CC(n2cc(-c3ccccc3)nn2)C1. The Balaban J connectivity index is 1.28. The summed E-state index contributed by atoms with van der Waals surface area (Å²) in [5.41, 5.74) is 1.68. The van der Waals surface area contributed by atoms with Gasteiger partial charge in [0.1, 0.15) is 17.3 Å². The monoisotopic (exact) mass is 447 g/mol. The quantitative estimate of drug-likeness (QED) is 0.597. The van der Waals surface area contributed by atoms with Crippen LogP contribution in [-0.4, -0.2) is 53.9 Å². The van der Waals surface area contributed by atoms with Crippen LogP contribution in [0.25, 0.3) is 11.3 Å². The normalized spacial score (nSPS) is 14.5. The highest BCUT2D eigenvalue weighted by Gasteiger charge is 2.33.